The fourth-order valence-corrected chi connectivity index (χ4v) is 7.94. The zero-order valence-electron chi connectivity index (χ0n) is 22.9. The molecule has 2 aliphatic rings. The van der Waals surface area contributed by atoms with Gasteiger partial charge in [0.25, 0.3) is 23.6 Å². The highest BCUT2D eigenvalue weighted by atomic mass is 16.2. The maximum Gasteiger partial charge on any atom is 0.259 e. The monoisotopic (exact) mass is 566 g/mol. The quantitative estimate of drug-likeness (QED) is 0.113. The largest absolute Gasteiger partial charge is 0.288 e. The number of carbonyl (C=O) groups excluding carboxylic acids is 4. The first-order valence-corrected chi connectivity index (χ1v) is 14.4. The molecule has 204 valence electrons. The fraction of sp³-hybridized carbons (Fsp3) is 0. The summed E-state index contributed by atoms with van der Waals surface area (Å²) in [5, 5.41) is 15.2. The third-order valence-corrected chi connectivity index (χ3v) is 9.48. The molecule has 2 aliphatic heterocycles. The Hall–Kier alpha value is -6.14. The van der Waals surface area contributed by atoms with Gasteiger partial charge in [0.15, 0.2) is 0 Å². The van der Waals surface area contributed by atoms with Crippen molar-refractivity contribution in [2.45, 2.75) is 0 Å². The molecule has 6 nitrogen and oxygen atoms in total. The van der Waals surface area contributed by atoms with Crippen molar-refractivity contribution in [2.75, 3.05) is 0 Å². The van der Waals surface area contributed by atoms with E-state index in [0.717, 1.165) is 43.1 Å². The number of amides is 4. The lowest BCUT2D eigenvalue weighted by molar-refractivity contribution is 0.0826. The van der Waals surface area contributed by atoms with Crippen LogP contribution in [0.15, 0.2) is 97.1 Å². The van der Waals surface area contributed by atoms with Crippen LogP contribution >= 0.6 is 0 Å². The summed E-state index contributed by atoms with van der Waals surface area (Å²) in [7, 11) is 0. The number of imide groups is 2. The molecule has 0 atom stereocenters. The fourth-order valence-electron chi connectivity index (χ4n) is 7.94. The minimum absolute atomic E-state index is 0.304. The van der Waals surface area contributed by atoms with Crippen LogP contribution in [0.5, 0.6) is 0 Å². The molecule has 0 fully saturated rings. The highest BCUT2D eigenvalue weighted by Crippen LogP contribution is 2.50. The smallest absolute Gasteiger partial charge is 0.259 e. The van der Waals surface area contributed by atoms with Crippen LogP contribution in [0.2, 0.25) is 0 Å². The number of fused-ring (bicyclic) bond motifs is 16. The lowest BCUT2D eigenvalue weighted by Gasteiger charge is -2.29. The number of nitrogens with one attached hydrogen (secondary N) is 2. The van der Waals surface area contributed by atoms with Crippen molar-refractivity contribution in [1.82, 2.24) is 10.6 Å². The van der Waals surface area contributed by atoms with Gasteiger partial charge >= 0.3 is 0 Å². The maximum absolute atomic E-state index is 14.1. The van der Waals surface area contributed by atoms with Crippen molar-refractivity contribution in [3.8, 4) is 0 Å². The lowest BCUT2D eigenvalue weighted by Crippen LogP contribution is -2.39. The summed E-state index contributed by atoms with van der Waals surface area (Å²) in [6, 6.07) is 31.2. The SMILES string of the molecule is O=C1NC(=O)c2c3c1c1c4ccccc4c4ccccc4c1c1c3c(c3c4ccccc4c4ccccc4c23)C(=O)NC1=O. The Morgan fingerprint density at radius 1 is 0.273 bits per heavy atom. The Morgan fingerprint density at radius 2 is 0.477 bits per heavy atom. The number of hydrogen-bond acceptors (Lipinski definition) is 4. The van der Waals surface area contributed by atoms with Gasteiger partial charge in [-0.15, -0.1) is 0 Å². The molecular weight excluding hydrogens is 548 g/mol. The minimum atomic E-state index is -0.548. The lowest BCUT2D eigenvalue weighted by atomic mass is 9.76. The zero-order valence-corrected chi connectivity index (χ0v) is 22.9. The van der Waals surface area contributed by atoms with E-state index in [1.54, 1.807) is 0 Å². The maximum atomic E-state index is 14.1. The predicted molar refractivity (Wildman–Crippen MR) is 173 cm³/mol. The van der Waals surface area contributed by atoms with Crippen molar-refractivity contribution in [3.63, 3.8) is 0 Å². The molecule has 2 N–H and O–H groups in total. The van der Waals surface area contributed by atoms with Gasteiger partial charge in [-0.2, -0.15) is 0 Å². The van der Waals surface area contributed by atoms with Gasteiger partial charge in [0.1, 0.15) is 0 Å². The predicted octanol–water partition coefficient (Wildman–Crippen LogP) is 7.53. The summed E-state index contributed by atoms with van der Waals surface area (Å²) in [4.78, 5) is 56.3. The van der Waals surface area contributed by atoms with E-state index in [1.807, 2.05) is 97.1 Å². The summed E-state index contributed by atoms with van der Waals surface area (Å²) >= 11 is 0. The number of rotatable bonds is 0. The Labute approximate surface area is 247 Å². The van der Waals surface area contributed by atoms with Crippen molar-refractivity contribution in [1.29, 1.82) is 0 Å². The second-order valence-corrected chi connectivity index (χ2v) is 11.5. The summed E-state index contributed by atoms with van der Waals surface area (Å²) in [6.07, 6.45) is 0. The van der Waals surface area contributed by atoms with Crippen LogP contribution in [0.25, 0.3) is 75.4 Å². The first-order valence-electron chi connectivity index (χ1n) is 14.4. The van der Waals surface area contributed by atoms with Gasteiger partial charge in [-0.25, -0.2) is 0 Å². The second kappa shape index (κ2) is 7.82. The molecule has 44 heavy (non-hydrogen) atoms. The van der Waals surface area contributed by atoms with Crippen molar-refractivity contribution < 1.29 is 19.2 Å². The summed E-state index contributed by atoms with van der Waals surface area (Å²) in [5.74, 6) is -2.19. The van der Waals surface area contributed by atoms with E-state index in [9.17, 15) is 19.2 Å². The van der Waals surface area contributed by atoms with Crippen LogP contribution < -0.4 is 10.6 Å². The van der Waals surface area contributed by atoms with Crippen molar-refractivity contribution in [3.05, 3.63) is 119 Å². The van der Waals surface area contributed by atoms with Gasteiger partial charge in [0.05, 0.1) is 22.3 Å². The number of carbonyl (C=O) groups is 4. The Bertz CT molecular complexity index is 2420. The molecule has 8 aromatic rings. The average molecular weight is 567 g/mol. The number of benzene rings is 8. The average Bonchev–Trinajstić information content (AvgIpc) is 3.05. The van der Waals surface area contributed by atoms with Crippen LogP contribution in [-0.4, -0.2) is 23.6 Å². The van der Waals surface area contributed by atoms with Crippen LogP contribution in [0.3, 0.4) is 0 Å². The molecule has 0 bridgehead atoms. The van der Waals surface area contributed by atoms with Gasteiger partial charge < -0.3 is 0 Å². The van der Waals surface area contributed by atoms with E-state index < -0.39 is 23.6 Å². The van der Waals surface area contributed by atoms with E-state index in [2.05, 4.69) is 10.6 Å². The first kappa shape index (κ1) is 23.4. The molecule has 0 aromatic heterocycles. The summed E-state index contributed by atoms with van der Waals surface area (Å²) in [6.45, 7) is 0. The Balaban J connectivity index is 1.68. The van der Waals surface area contributed by atoms with Gasteiger partial charge in [-0.3, -0.25) is 29.8 Å². The molecule has 4 amide bonds. The molecule has 2 heterocycles. The minimum Gasteiger partial charge on any atom is -0.288 e. The molecule has 0 unspecified atom stereocenters. The molecule has 10 rings (SSSR count). The molecule has 0 radical (unpaired) electrons. The zero-order chi connectivity index (χ0) is 29.4. The van der Waals surface area contributed by atoms with Gasteiger partial charge in [0.2, 0.25) is 0 Å². The molecule has 6 heteroatoms. The van der Waals surface area contributed by atoms with E-state index >= 15 is 0 Å². The molecular formula is C38H18N2O4. The summed E-state index contributed by atoms with van der Waals surface area (Å²) in [5.41, 5.74) is 1.22. The highest BCUT2D eigenvalue weighted by Gasteiger charge is 2.40. The van der Waals surface area contributed by atoms with Crippen LogP contribution in [0.4, 0.5) is 0 Å². The van der Waals surface area contributed by atoms with Crippen LogP contribution in [-0.2, 0) is 0 Å². The first-order chi connectivity index (χ1) is 21.5. The van der Waals surface area contributed by atoms with Crippen LogP contribution in [0.1, 0.15) is 41.4 Å². The molecule has 0 spiro atoms. The molecule has 8 aromatic carbocycles. The molecule has 0 saturated heterocycles. The molecule has 0 saturated carbocycles. The van der Waals surface area contributed by atoms with E-state index in [-0.39, 0.29) is 0 Å². The molecule has 0 aliphatic carbocycles. The Morgan fingerprint density at radius 3 is 0.705 bits per heavy atom. The van der Waals surface area contributed by atoms with Crippen molar-refractivity contribution in [2.24, 2.45) is 0 Å². The standard InChI is InChI=1S/C38H18N2O4/c41-35-31-25-21-13-5-1-9-17(21)18-10-2-6-14-22(18)26(25)32-30-29(31)33(37(43)39-35)27-23-15-7-3-11-19(23)20-12-4-8-16-24(20)28(27)34(30)38(44)40-36(32)42/h1-16H,(H,39,41,43)(H,40,42,44). The van der Waals surface area contributed by atoms with E-state index in [0.29, 0.717) is 54.6 Å². The van der Waals surface area contributed by atoms with Gasteiger partial charge in [0, 0.05) is 32.3 Å². The highest BCUT2D eigenvalue weighted by molar-refractivity contribution is 6.49. The van der Waals surface area contributed by atoms with Crippen molar-refractivity contribution >= 4 is 99.0 Å². The third-order valence-electron chi connectivity index (χ3n) is 9.48. The second-order valence-electron chi connectivity index (χ2n) is 11.5. The van der Waals surface area contributed by atoms with E-state index in [4.69, 9.17) is 0 Å². The van der Waals surface area contributed by atoms with Crippen LogP contribution in [0, 0.1) is 0 Å². The number of hydrogen-bond donors (Lipinski definition) is 2. The third kappa shape index (κ3) is 2.58. The van der Waals surface area contributed by atoms with Gasteiger partial charge in [-0.05, 0) is 43.1 Å². The van der Waals surface area contributed by atoms with Gasteiger partial charge in [-0.1, -0.05) is 97.1 Å². The topological polar surface area (TPSA) is 92.3 Å². The van der Waals surface area contributed by atoms with E-state index in [1.165, 1.54) is 0 Å². The summed E-state index contributed by atoms with van der Waals surface area (Å²) < 4.78 is 0. The Kier molecular flexibility index (Phi) is 4.16. The normalized spacial score (nSPS) is 14.5.